The second kappa shape index (κ2) is 2.91. The first-order valence-corrected chi connectivity index (χ1v) is 3.75. The Morgan fingerprint density at radius 2 is 2.00 bits per heavy atom. The van der Waals surface area contributed by atoms with Crippen LogP contribution in [-0.4, -0.2) is 14.1 Å². The lowest BCUT2D eigenvalue weighted by molar-refractivity contribution is -0.677. The Hall–Kier alpha value is -1.05. The zero-order valence-electron chi connectivity index (χ0n) is 7.63. The Bertz CT molecular complexity index is 254. The summed E-state index contributed by atoms with van der Waals surface area (Å²) < 4.78 is 2.10. The molecule has 0 saturated heterocycles. The van der Waals surface area contributed by atoms with Crippen molar-refractivity contribution in [1.82, 2.24) is 0 Å². The van der Waals surface area contributed by atoms with E-state index in [1.165, 1.54) is 11.4 Å². The van der Waals surface area contributed by atoms with Gasteiger partial charge in [-0.3, -0.25) is 0 Å². The van der Waals surface area contributed by atoms with Gasteiger partial charge in [0.2, 0.25) is 0 Å². The van der Waals surface area contributed by atoms with Crippen molar-refractivity contribution in [1.29, 1.82) is 0 Å². The van der Waals surface area contributed by atoms with Gasteiger partial charge in [0.1, 0.15) is 7.05 Å². The summed E-state index contributed by atoms with van der Waals surface area (Å²) in [7, 11) is 6.15. The molecule has 0 radical (unpaired) electrons. The Kier molecular flexibility index (Phi) is 2.13. The molecule has 0 aliphatic heterocycles. The maximum Gasteiger partial charge on any atom is 0.180 e. The lowest BCUT2D eigenvalue weighted by Crippen LogP contribution is -2.31. The summed E-state index contributed by atoms with van der Waals surface area (Å²) in [6, 6.07) is 4.27. The highest BCUT2D eigenvalue weighted by molar-refractivity contribution is 5.43. The molecule has 1 aromatic rings. The van der Waals surface area contributed by atoms with Crippen molar-refractivity contribution in [3.63, 3.8) is 0 Å². The van der Waals surface area contributed by atoms with Crippen LogP contribution in [0, 0.1) is 6.92 Å². The van der Waals surface area contributed by atoms with Gasteiger partial charge in [0.25, 0.3) is 0 Å². The molecule has 60 valence electrons. The summed E-state index contributed by atoms with van der Waals surface area (Å²) in [5.74, 6) is 0. The zero-order valence-corrected chi connectivity index (χ0v) is 7.63. The first-order chi connectivity index (χ1) is 5.11. The fraction of sp³-hybridized carbons (Fsp3) is 0.444. The molecule has 0 amide bonds. The van der Waals surface area contributed by atoms with Crippen LogP contribution in [0.2, 0.25) is 0 Å². The highest BCUT2D eigenvalue weighted by Gasteiger charge is 2.02. The monoisotopic (exact) mass is 151 g/mol. The minimum atomic E-state index is 1.25. The molecule has 0 bridgehead atoms. The SMILES string of the molecule is Cc1cc(N(C)C)cc[n+]1C. The smallest absolute Gasteiger partial charge is 0.180 e. The standard InChI is InChI=1S/C9H15N2/c1-8-7-9(10(2)3)5-6-11(8)4/h5-7H,1-4H3/q+1. The molecular weight excluding hydrogens is 136 g/mol. The van der Waals surface area contributed by atoms with Crippen LogP contribution >= 0.6 is 0 Å². The molecular formula is C9H15N2+. The molecule has 0 aliphatic rings. The van der Waals surface area contributed by atoms with E-state index in [9.17, 15) is 0 Å². The molecule has 0 unspecified atom stereocenters. The summed E-state index contributed by atoms with van der Waals surface area (Å²) in [6.07, 6.45) is 2.07. The quantitative estimate of drug-likeness (QED) is 0.541. The Balaban J connectivity index is 3.05. The topological polar surface area (TPSA) is 7.12 Å². The molecule has 11 heavy (non-hydrogen) atoms. The Labute approximate surface area is 68.1 Å². The van der Waals surface area contributed by atoms with Gasteiger partial charge in [0.05, 0.1) is 0 Å². The molecule has 2 heteroatoms. The summed E-state index contributed by atoms with van der Waals surface area (Å²) >= 11 is 0. The van der Waals surface area contributed by atoms with Gasteiger partial charge >= 0.3 is 0 Å². The van der Waals surface area contributed by atoms with Crippen molar-refractivity contribution >= 4 is 5.69 Å². The van der Waals surface area contributed by atoms with E-state index in [0.717, 1.165) is 0 Å². The van der Waals surface area contributed by atoms with E-state index < -0.39 is 0 Å². The first kappa shape index (κ1) is 8.05. The predicted octanol–water partition coefficient (Wildman–Crippen LogP) is 0.886. The van der Waals surface area contributed by atoms with Gasteiger partial charge in [-0.2, -0.15) is 0 Å². The van der Waals surface area contributed by atoms with E-state index in [1.54, 1.807) is 0 Å². The molecule has 0 fully saturated rings. The van der Waals surface area contributed by atoms with Crippen molar-refractivity contribution in [2.24, 2.45) is 7.05 Å². The number of nitrogens with zero attached hydrogens (tertiary/aromatic N) is 2. The van der Waals surface area contributed by atoms with Gasteiger partial charge in [0.15, 0.2) is 11.9 Å². The molecule has 0 saturated carbocycles. The van der Waals surface area contributed by atoms with Crippen LogP contribution in [0.5, 0.6) is 0 Å². The molecule has 0 N–H and O–H groups in total. The summed E-state index contributed by atoms with van der Waals surface area (Å²) in [4.78, 5) is 2.10. The molecule has 0 aliphatic carbocycles. The average molecular weight is 151 g/mol. The minimum absolute atomic E-state index is 1.25. The van der Waals surface area contributed by atoms with Gasteiger partial charge in [-0.1, -0.05) is 0 Å². The van der Waals surface area contributed by atoms with E-state index in [2.05, 4.69) is 55.9 Å². The van der Waals surface area contributed by atoms with E-state index >= 15 is 0 Å². The lowest BCUT2D eigenvalue weighted by Gasteiger charge is -2.10. The third kappa shape index (κ3) is 1.70. The van der Waals surface area contributed by atoms with Gasteiger partial charge in [-0.05, 0) is 0 Å². The average Bonchev–Trinajstić information content (AvgIpc) is 1.94. The number of rotatable bonds is 1. The van der Waals surface area contributed by atoms with Crippen LogP contribution in [0.15, 0.2) is 18.3 Å². The third-order valence-electron chi connectivity index (χ3n) is 1.90. The normalized spacial score (nSPS) is 9.82. The number of pyridine rings is 1. The molecule has 2 nitrogen and oxygen atoms in total. The van der Waals surface area contributed by atoms with Crippen molar-refractivity contribution in [3.05, 3.63) is 24.0 Å². The summed E-state index contributed by atoms with van der Waals surface area (Å²) in [5, 5.41) is 0. The zero-order chi connectivity index (χ0) is 8.43. The van der Waals surface area contributed by atoms with E-state index in [-0.39, 0.29) is 0 Å². The van der Waals surface area contributed by atoms with Gasteiger partial charge < -0.3 is 4.90 Å². The maximum atomic E-state index is 2.17. The number of hydrogen-bond acceptors (Lipinski definition) is 1. The van der Waals surface area contributed by atoms with Crippen LogP contribution < -0.4 is 9.47 Å². The first-order valence-electron chi connectivity index (χ1n) is 3.75. The number of anilines is 1. The fourth-order valence-corrected chi connectivity index (χ4v) is 0.948. The number of aryl methyl sites for hydroxylation is 2. The van der Waals surface area contributed by atoms with Crippen LogP contribution in [0.1, 0.15) is 5.69 Å². The van der Waals surface area contributed by atoms with Crippen LogP contribution in [-0.2, 0) is 7.05 Å². The van der Waals surface area contributed by atoms with E-state index in [0.29, 0.717) is 0 Å². The summed E-state index contributed by atoms with van der Waals surface area (Å²) in [6.45, 7) is 2.10. The number of aromatic nitrogens is 1. The second-order valence-corrected chi connectivity index (χ2v) is 3.03. The van der Waals surface area contributed by atoms with Gasteiger partial charge in [-0.15, -0.1) is 0 Å². The molecule has 1 rings (SSSR count). The van der Waals surface area contributed by atoms with Crippen molar-refractivity contribution in [3.8, 4) is 0 Å². The maximum absolute atomic E-state index is 2.17. The van der Waals surface area contributed by atoms with Gasteiger partial charge in [-0.25, -0.2) is 4.57 Å². The molecule has 1 heterocycles. The molecule has 0 atom stereocenters. The van der Waals surface area contributed by atoms with Crippen molar-refractivity contribution in [2.45, 2.75) is 6.92 Å². The van der Waals surface area contributed by atoms with Gasteiger partial charge in [0, 0.05) is 38.8 Å². The lowest BCUT2D eigenvalue weighted by atomic mass is 10.3. The third-order valence-corrected chi connectivity index (χ3v) is 1.90. The molecule has 0 spiro atoms. The van der Waals surface area contributed by atoms with Crippen molar-refractivity contribution in [2.75, 3.05) is 19.0 Å². The predicted molar refractivity (Wildman–Crippen MR) is 46.7 cm³/mol. The molecule has 1 aromatic heterocycles. The highest BCUT2D eigenvalue weighted by atomic mass is 15.1. The summed E-state index contributed by atoms with van der Waals surface area (Å²) in [5.41, 5.74) is 2.52. The Morgan fingerprint density at radius 3 is 2.45 bits per heavy atom. The largest absolute Gasteiger partial charge is 0.377 e. The van der Waals surface area contributed by atoms with Crippen LogP contribution in [0.4, 0.5) is 5.69 Å². The van der Waals surface area contributed by atoms with E-state index in [4.69, 9.17) is 0 Å². The second-order valence-electron chi connectivity index (χ2n) is 3.03. The van der Waals surface area contributed by atoms with Crippen LogP contribution in [0.25, 0.3) is 0 Å². The Morgan fingerprint density at radius 1 is 1.36 bits per heavy atom. The minimum Gasteiger partial charge on any atom is -0.377 e. The fourth-order valence-electron chi connectivity index (χ4n) is 0.948. The van der Waals surface area contributed by atoms with E-state index in [1.807, 2.05) is 0 Å². The highest BCUT2D eigenvalue weighted by Crippen LogP contribution is 2.08. The molecule has 0 aromatic carbocycles. The van der Waals surface area contributed by atoms with Crippen molar-refractivity contribution < 1.29 is 4.57 Å². The number of hydrogen-bond donors (Lipinski definition) is 0. The van der Waals surface area contributed by atoms with Crippen LogP contribution in [0.3, 0.4) is 0 Å².